The number of rotatable bonds is 6. The zero-order valence-corrected chi connectivity index (χ0v) is 17.4. The third-order valence-corrected chi connectivity index (χ3v) is 6.88. The summed E-state index contributed by atoms with van der Waals surface area (Å²) in [4.78, 5) is 24.7. The lowest BCUT2D eigenvalue weighted by Crippen LogP contribution is -2.27. The van der Waals surface area contributed by atoms with E-state index in [1.165, 1.54) is 22.7 Å². The van der Waals surface area contributed by atoms with Crippen LogP contribution in [0.4, 0.5) is 11.4 Å². The van der Waals surface area contributed by atoms with E-state index in [0.717, 1.165) is 12.8 Å². The van der Waals surface area contributed by atoms with E-state index < -0.39 is 10.0 Å². The standard InChI is InChI=1S/C22H21N3O5S/c26-21(16-5-7-17(8-6-16)24-22(27)20-4-3-15-30-20)23-18-9-11-19(12-10-18)31(28,29)25-13-1-2-14-25/h3-12,15H,1-2,13-14H2,(H,23,26)(H,24,27). The highest BCUT2D eigenvalue weighted by Gasteiger charge is 2.26. The molecule has 8 nitrogen and oxygen atoms in total. The Bertz CT molecular complexity index is 1160. The first-order chi connectivity index (χ1) is 14.9. The molecule has 0 spiro atoms. The molecule has 2 heterocycles. The molecule has 1 saturated heterocycles. The molecule has 0 atom stereocenters. The van der Waals surface area contributed by atoms with Gasteiger partial charge in [-0.05, 0) is 73.5 Å². The Morgan fingerprint density at radius 1 is 0.806 bits per heavy atom. The minimum Gasteiger partial charge on any atom is -0.459 e. The molecule has 1 fully saturated rings. The Labute approximate surface area is 179 Å². The van der Waals surface area contributed by atoms with Gasteiger partial charge in [-0.2, -0.15) is 4.31 Å². The second-order valence-electron chi connectivity index (χ2n) is 7.10. The molecular weight excluding hydrogens is 418 g/mol. The van der Waals surface area contributed by atoms with Crippen LogP contribution in [-0.4, -0.2) is 37.6 Å². The fourth-order valence-electron chi connectivity index (χ4n) is 3.30. The maximum absolute atomic E-state index is 12.6. The van der Waals surface area contributed by atoms with E-state index in [1.54, 1.807) is 48.5 Å². The van der Waals surface area contributed by atoms with Crippen molar-refractivity contribution in [2.45, 2.75) is 17.7 Å². The Balaban J connectivity index is 1.38. The summed E-state index contributed by atoms with van der Waals surface area (Å²) in [5.74, 6) is -0.540. The predicted octanol–water partition coefficient (Wildman–Crippen LogP) is 3.57. The number of anilines is 2. The zero-order chi connectivity index (χ0) is 21.8. The largest absolute Gasteiger partial charge is 0.459 e. The topological polar surface area (TPSA) is 109 Å². The Hall–Kier alpha value is -3.43. The number of hydrogen-bond acceptors (Lipinski definition) is 5. The summed E-state index contributed by atoms with van der Waals surface area (Å²) in [6.45, 7) is 1.08. The smallest absolute Gasteiger partial charge is 0.291 e. The molecule has 0 radical (unpaired) electrons. The summed E-state index contributed by atoms with van der Waals surface area (Å²) in [5.41, 5.74) is 1.40. The molecule has 0 unspecified atom stereocenters. The van der Waals surface area contributed by atoms with Crippen LogP contribution in [0.25, 0.3) is 0 Å². The van der Waals surface area contributed by atoms with Crippen molar-refractivity contribution in [3.05, 3.63) is 78.3 Å². The molecule has 3 aromatic rings. The van der Waals surface area contributed by atoms with Crippen molar-refractivity contribution in [3.8, 4) is 0 Å². The molecule has 2 aromatic carbocycles. The molecule has 4 rings (SSSR count). The Morgan fingerprint density at radius 3 is 1.97 bits per heavy atom. The van der Waals surface area contributed by atoms with E-state index >= 15 is 0 Å². The normalized spacial score (nSPS) is 14.3. The Kier molecular flexibility index (Phi) is 5.88. The van der Waals surface area contributed by atoms with E-state index in [0.29, 0.717) is 30.0 Å². The molecule has 2 amide bonds. The monoisotopic (exact) mass is 439 g/mol. The molecule has 2 N–H and O–H groups in total. The molecule has 0 aliphatic carbocycles. The third-order valence-electron chi connectivity index (χ3n) is 4.96. The lowest BCUT2D eigenvalue weighted by Gasteiger charge is -2.15. The average molecular weight is 439 g/mol. The van der Waals surface area contributed by atoms with Gasteiger partial charge in [-0.1, -0.05) is 0 Å². The van der Waals surface area contributed by atoms with Gasteiger partial charge in [0.25, 0.3) is 11.8 Å². The second-order valence-corrected chi connectivity index (χ2v) is 9.04. The van der Waals surface area contributed by atoms with Gasteiger partial charge < -0.3 is 15.1 Å². The first kappa shape index (κ1) is 20.8. The number of carbonyl (C=O) groups excluding carboxylic acids is 2. The number of furan rings is 1. The van der Waals surface area contributed by atoms with Crippen LogP contribution in [0.1, 0.15) is 33.8 Å². The molecule has 31 heavy (non-hydrogen) atoms. The van der Waals surface area contributed by atoms with Crippen molar-refractivity contribution in [1.29, 1.82) is 0 Å². The molecule has 160 valence electrons. The lowest BCUT2D eigenvalue weighted by atomic mass is 10.2. The molecule has 0 saturated carbocycles. The van der Waals surface area contributed by atoms with Crippen molar-refractivity contribution in [2.24, 2.45) is 0 Å². The maximum atomic E-state index is 12.6. The highest BCUT2D eigenvalue weighted by Crippen LogP contribution is 2.22. The van der Waals surface area contributed by atoms with Crippen LogP contribution in [0.15, 0.2) is 76.2 Å². The molecule has 1 aliphatic heterocycles. The number of nitrogens with zero attached hydrogens (tertiary/aromatic N) is 1. The predicted molar refractivity (Wildman–Crippen MR) is 115 cm³/mol. The third kappa shape index (κ3) is 4.68. The Morgan fingerprint density at radius 2 is 1.39 bits per heavy atom. The molecular formula is C22H21N3O5S. The van der Waals surface area contributed by atoms with Crippen LogP contribution in [0.3, 0.4) is 0 Å². The average Bonchev–Trinajstić information content (AvgIpc) is 3.49. The fraction of sp³-hybridized carbons (Fsp3) is 0.182. The van der Waals surface area contributed by atoms with E-state index in [9.17, 15) is 18.0 Å². The summed E-state index contributed by atoms with van der Waals surface area (Å²) in [5, 5.41) is 5.42. The molecule has 9 heteroatoms. The first-order valence-corrected chi connectivity index (χ1v) is 11.2. The first-order valence-electron chi connectivity index (χ1n) is 9.80. The van der Waals surface area contributed by atoms with Gasteiger partial charge >= 0.3 is 0 Å². The van der Waals surface area contributed by atoms with Crippen molar-refractivity contribution in [1.82, 2.24) is 4.31 Å². The summed E-state index contributed by atoms with van der Waals surface area (Å²) in [6, 6.07) is 15.7. The zero-order valence-electron chi connectivity index (χ0n) is 16.6. The molecule has 0 bridgehead atoms. The highest BCUT2D eigenvalue weighted by atomic mass is 32.2. The lowest BCUT2D eigenvalue weighted by molar-refractivity contribution is 0.0995. The van der Waals surface area contributed by atoms with E-state index in [4.69, 9.17) is 4.42 Å². The van der Waals surface area contributed by atoms with Crippen LogP contribution in [0.2, 0.25) is 0 Å². The van der Waals surface area contributed by atoms with Crippen LogP contribution in [0, 0.1) is 0 Å². The van der Waals surface area contributed by atoms with Gasteiger partial charge in [-0.3, -0.25) is 9.59 Å². The van der Waals surface area contributed by atoms with Crippen LogP contribution in [0.5, 0.6) is 0 Å². The van der Waals surface area contributed by atoms with Gasteiger partial charge in [0, 0.05) is 30.0 Å². The van der Waals surface area contributed by atoms with Gasteiger partial charge in [0.2, 0.25) is 10.0 Å². The summed E-state index contributed by atoms with van der Waals surface area (Å²) < 4.78 is 31.7. The van der Waals surface area contributed by atoms with Gasteiger partial charge in [0.1, 0.15) is 0 Å². The summed E-state index contributed by atoms with van der Waals surface area (Å²) in [6.07, 6.45) is 3.16. The fourth-order valence-corrected chi connectivity index (χ4v) is 4.81. The second kappa shape index (κ2) is 8.75. The number of amides is 2. The SMILES string of the molecule is O=C(Nc1ccc(S(=O)(=O)N2CCCC2)cc1)c1ccc(NC(=O)c2ccco2)cc1. The summed E-state index contributed by atoms with van der Waals surface area (Å²) >= 11 is 0. The number of nitrogens with one attached hydrogen (secondary N) is 2. The van der Waals surface area contributed by atoms with E-state index in [1.807, 2.05) is 0 Å². The number of benzene rings is 2. The number of sulfonamides is 1. The minimum absolute atomic E-state index is 0.192. The molecule has 1 aliphatic rings. The molecule has 1 aromatic heterocycles. The van der Waals surface area contributed by atoms with E-state index in [2.05, 4.69) is 10.6 Å². The number of carbonyl (C=O) groups is 2. The maximum Gasteiger partial charge on any atom is 0.291 e. The highest BCUT2D eigenvalue weighted by molar-refractivity contribution is 7.89. The quantitative estimate of drug-likeness (QED) is 0.610. The van der Waals surface area contributed by atoms with Gasteiger partial charge in [0.15, 0.2) is 5.76 Å². The van der Waals surface area contributed by atoms with E-state index in [-0.39, 0.29) is 22.5 Å². The van der Waals surface area contributed by atoms with Gasteiger partial charge in [-0.25, -0.2) is 8.42 Å². The summed E-state index contributed by atoms with van der Waals surface area (Å²) in [7, 11) is -3.49. The van der Waals surface area contributed by atoms with Crippen LogP contribution in [-0.2, 0) is 10.0 Å². The van der Waals surface area contributed by atoms with Crippen molar-refractivity contribution in [3.63, 3.8) is 0 Å². The van der Waals surface area contributed by atoms with Crippen LogP contribution >= 0.6 is 0 Å². The van der Waals surface area contributed by atoms with Crippen molar-refractivity contribution in [2.75, 3.05) is 23.7 Å². The van der Waals surface area contributed by atoms with Crippen molar-refractivity contribution >= 4 is 33.2 Å². The number of hydrogen-bond donors (Lipinski definition) is 2. The van der Waals surface area contributed by atoms with Gasteiger partial charge in [0.05, 0.1) is 11.2 Å². The minimum atomic E-state index is -3.49. The van der Waals surface area contributed by atoms with Crippen molar-refractivity contribution < 1.29 is 22.4 Å². The van der Waals surface area contributed by atoms with Gasteiger partial charge in [-0.15, -0.1) is 0 Å². The van der Waals surface area contributed by atoms with Crippen LogP contribution < -0.4 is 10.6 Å².